The topological polar surface area (TPSA) is 67.9 Å². The molecule has 0 bridgehead atoms. The van der Waals surface area contributed by atoms with E-state index in [-0.39, 0.29) is 18.2 Å². The zero-order valence-corrected chi connectivity index (χ0v) is 13.3. The molecule has 6 heteroatoms. The fourth-order valence-corrected chi connectivity index (χ4v) is 3.23. The van der Waals surface area contributed by atoms with Crippen LogP contribution in [-0.4, -0.2) is 48.4 Å². The van der Waals surface area contributed by atoms with E-state index in [1.807, 2.05) is 20.8 Å². The maximum absolute atomic E-state index is 12.1. The SMILES string of the molecule is CCOC(=O)N[C@H]1C[C@@H]2CN(C(=O)OC(C)(C)C)C[C@@H]2C1. The Kier molecular flexibility index (Phi) is 4.64. The van der Waals surface area contributed by atoms with E-state index in [0.717, 1.165) is 25.9 Å². The number of carbonyl (C=O) groups excluding carboxylic acids is 2. The molecule has 21 heavy (non-hydrogen) atoms. The van der Waals surface area contributed by atoms with E-state index < -0.39 is 5.60 Å². The molecule has 2 aliphatic rings. The Hall–Kier alpha value is -1.46. The lowest BCUT2D eigenvalue weighted by Gasteiger charge is -2.25. The van der Waals surface area contributed by atoms with Crippen LogP contribution in [0, 0.1) is 11.8 Å². The Morgan fingerprint density at radius 3 is 2.24 bits per heavy atom. The van der Waals surface area contributed by atoms with Gasteiger partial charge in [0, 0.05) is 19.1 Å². The summed E-state index contributed by atoms with van der Waals surface area (Å²) in [5.41, 5.74) is -0.456. The molecule has 1 N–H and O–H groups in total. The maximum atomic E-state index is 12.1. The van der Waals surface area contributed by atoms with Gasteiger partial charge in [0.2, 0.25) is 0 Å². The predicted molar refractivity (Wildman–Crippen MR) is 78.0 cm³/mol. The summed E-state index contributed by atoms with van der Waals surface area (Å²) in [4.78, 5) is 25.3. The van der Waals surface area contributed by atoms with Crippen molar-refractivity contribution in [3.05, 3.63) is 0 Å². The van der Waals surface area contributed by atoms with E-state index in [9.17, 15) is 9.59 Å². The first-order valence-corrected chi connectivity index (χ1v) is 7.69. The third kappa shape index (κ3) is 4.25. The summed E-state index contributed by atoms with van der Waals surface area (Å²) >= 11 is 0. The van der Waals surface area contributed by atoms with E-state index in [1.54, 1.807) is 11.8 Å². The monoisotopic (exact) mass is 298 g/mol. The van der Waals surface area contributed by atoms with Crippen molar-refractivity contribution < 1.29 is 19.1 Å². The third-order valence-corrected chi connectivity index (χ3v) is 4.00. The fourth-order valence-electron chi connectivity index (χ4n) is 3.23. The minimum atomic E-state index is -0.456. The van der Waals surface area contributed by atoms with Crippen LogP contribution in [0.4, 0.5) is 9.59 Å². The van der Waals surface area contributed by atoms with Crippen molar-refractivity contribution in [3.8, 4) is 0 Å². The van der Waals surface area contributed by atoms with Crippen LogP contribution in [0.25, 0.3) is 0 Å². The van der Waals surface area contributed by atoms with E-state index in [0.29, 0.717) is 18.4 Å². The number of nitrogens with zero attached hydrogens (tertiary/aromatic N) is 1. The smallest absolute Gasteiger partial charge is 0.410 e. The summed E-state index contributed by atoms with van der Waals surface area (Å²) in [6, 6.07) is 0.167. The molecule has 2 rings (SSSR count). The normalized spacial score (nSPS) is 28.2. The zero-order chi connectivity index (χ0) is 15.6. The van der Waals surface area contributed by atoms with Gasteiger partial charge in [0.15, 0.2) is 0 Å². The van der Waals surface area contributed by atoms with Crippen molar-refractivity contribution >= 4 is 12.2 Å². The summed E-state index contributed by atoms with van der Waals surface area (Å²) in [6.45, 7) is 9.25. The molecule has 0 aromatic rings. The Morgan fingerprint density at radius 2 is 1.76 bits per heavy atom. The van der Waals surface area contributed by atoms with Crippen LogP contribution in [0.5, 0.6) is 0 Å². The second-order valence-electron chi connectivity index (χ2n) is 6.94. The molecule has 1 aliphatic carbocycles. The summed E-state index contributed by atoms with van der Waals surface area (Å²) < 4.78 is 10.3. The zero-order valence-electron chi connectivity index (χ0n) is 13.3. The number of amides is 2. The first-order valence-electron chi connectivity index (χ1n) is 7.69. The van der Waals surface area contributed by atoms with Crippen LogP contribution in [0.2, 0.25) is 0 Å². The maximum Gasteiger partial charge on any atom is 0.410 e. The van der Waals surface area contributed by atoms with Crippen molar-refractivity contribution in [2.75, 3.05) is 19.7 Å². The number of nitrogens with one attached hydrogen (secondary N) is 1. The second kappa shape index (κ2) is 6.12. The lowest BCUT2D eigenvalue weighted by Crippen LogP contribution is -2.38. The van der Waals surface area contributed by atoms with Crippen LogP contribution >= 0.6 is 0 Å². The molecular weight excluding hydrogens is 272 g/mol. The van der Waals surface area contributed by atoms with Gasteiger partial charge in [-0.3, -0.25) is 0 Å². The third-order valence-electron chi connectivity index (χ3n) is 4.00. The Labute approximate surface area is 126 Å². The first-order chi connectivity index (χ1) is 9.78. The van der Waals surface area contributed by atoms with Crippen LogP contribution in [0.3, 0.4) is 0 Å². The summed E-state index contributed by atoms with van der Waals surface area (Å²) in [6.07, 6.45) is 1.24. The largest absolute Gasteiger partial charge is 0.450 e. The standard InChI is InChI=1S/C15H26N2O4/c1-5-20-13(18)16-12-6-10-8-17(9-11(10)7-12)14(19)21-15(2,3)4/h10-12H,5-9H2,1-4H3,(H,16,18)/t10-,11+,12+. The number of carbonyl (C=O) groups is 2. The highest BCUT2D eigenvalue weighted by Crippen LogP contribution is 2.38. The van der Waals surface area contributed by atoms with E-state index in [2.05, 4.69) is 5.32 Å². The molecule has 0 aromatic carbocycles. The minimum absolute atomic E-state index is 0.167. The number of fused-ring (bicyclic) bond motifs is 1. The van der Waals surface area contributed by atoms with Gasteiger partial charge in [0.05, 0.1) is 6.61 Å². The van der Waals surface area contributed by atoms with Crippen molar-refractivity contribution in [1.82, 2.24) is 10.2 Å². The molecule has 1 saturated heterocycles. The van der Waals surface area contributed by atoms with Crippen LogP contribution < -0.4 is 5.32 Å². The molecule has 0 radical (unpaired) electrons. The molecule has 120 valence electrons. The molecule has 2 fully saturated rings. The molecule has 0 unspecified atom stereocenters. The Balaban J connectivity index is 1.79. The molecule has 0 aromatic heterocycles. The molecule has 1 saturated carbocycles. The summed E-state index contributed by atoms with van der Waals surface area (Å²) in [7, 11) is 0. The number of alkyl carbamates (subject to hydrolysis) is 1. The quantitative estimate of drug-likeness (QED) is 0.850. The van der Waals surface area contributed by atoms with E-state index in [1.165, 1.54) is 0 Å². The molecule has 2 amide bonds. The average molecular weight is 298 g/mol. The van der Waals surface area contributed by atoms with Crippen LogP contribution in [0.1, 0.15) is 40.5 Å². The van der Waals surface area contributed by atoms with Gasteiger partial charge < -0.3 is 19.7 Å². The molecular formula is C15H26N2O4. The van der Waals surface area contributed by atoms with Crippen molar-refractivity contribution in [2.24, 2.45) is 11.8 Å². The van der Waals surface area contributed by atoms with Gasteiger partial charge >= 0.3 is 12.2 Å². The molecule has 0 spiro atoms. The number of hydrogen-bond acceptors (Lipinski definition) is 4. The van der Waals surface area contributed by atoms with Gasteiger partial charge in [-0.25, -0.2) is 9.59 Å². The van der Waals surface area contributed by atoms with Gasteiger partial charge in [0.25, 0.3) is 0 Å². The van der Waals surface area contributed by atoms with Crippen LogP contribution in [0.15, 0.2) is 0 Å². The van der Waals surface area contributed by atoms with Gasteiger partial charge in [0.1, 0.15) is 5.60 Å². The highest BCUT2D eigenvalue weighted by Gasteiger charge is 2.43. The fraction of sp³-hybridized carbons (Fsp3) is 0.867. The highest BCUT2D eigenvalue weighted by atomic mass is 16.6. The van der Waals surface area contributed by atoms with Crippen molar-refractivity contribution in [1.29, 1.82) is 0 Å². The number of rotatable bonds is 2. The van der Waals surface area contributed by atoms with Gasteiger partial charge in [-0.1, -0.05) is 0 Å². The van der Waals surface area contributed by atoms with E-state index in [4.69, 9.17) is 9.47 Å². The predicted octanol–water partition coefficient (Wildman–Crippen LogP) is 2.38. The second-order valence-corrected chi connectivity index (χ2v) is 6.94. The Morgan fingerprint density at radius 1 is 1.19 bits per heavy atom. The number of ether oxygens (including phenoxy) is 2. The van der Waals surface area contributed by atoms with Gasteiger partial charge in [-0.15, -0.1) is 0 Å². The summed E-state index contributed by atoms with van der Waals surface area (Å²) in [5, 5.41) is 2.89. The molecule has 1 aliphatic heterocycles. The lowest BCUT2D eigenvalue weighted by molar-refractivity contribution is 0.0278. The van der Waals surface area contributed by atoms with Gasteiger partial charge in [-0.2, -0.15) is 0 Å². The van der Waals surface area contributed by atoms with E-state index >= 15 is 0 Å². The lowest BCUT2D eigenvalue weighted by atomic mass is 10.0. The Bertz CT molecular complexity index is 391. The van der Waals surface area contributed by atoms with Gasteiger partial charge in [-0.05, 0) is 52.4 Å². The molecule has 1 heterocycles. The van der Waals surface area contributed by atoms with Crippen LogP contribution in [-0.2, 0) is 9.47 Å². The minimum Gasteiger partial charge on any atom is -0.450 e. The van der Waals surface area contributed by atoms with Crippen molar-refractivity contribution in [2.45, 2.75) is 52.2 Å². The number of hydrogen-bond donors (Lipinski definition) is 1. The summed E-state index contributed by atoms with van der Waals surface area (Å²) in [5.74, 6) is 0.897. The molecule has 6 nitrogen and oxygen atoms in total. The highest BCUT2D eigenvalue weighted by molar-refractivity contribution is 5.69. The molecule has 3 atom stereocenters. The van der Waals surface area contributed by atoms with Crippen molar-refractivity contribution in [3.63, 3.8) is 0 Å². The number of likely N-dealkylation sites (tertiary alicyclic amines) is 1. The first kappa shape index (κ1) is 15.9. The average Bonchev–Trinajstić information content (AvgIpc) is 2.84.